The van der Waals surface area contributed by atoms with Crippen molar-refractivity contribution in [2.75, 3.05) is 0 Å². The van der Waals surface area contributed by atoms with Crippen molar-refractivity contribution in [2.24, 2.45) is 0 Å². The second kappa shape index (κ2) is 5.37. The van der Waals surface area contributed by atoms with Gasteiger partial charge in [0.05, 0.1) is 0 Å². The zero-order chi connectivity index (χ0) is 12.1. The normalized spacial score (nSPS) is 16.5. The zero-order valence-electron chi connectivity index (χ0n) is 10.6. The molecule has 1 aliphatic carbocycles. The maximum absolute atomic E-state index is 5.59. The lowest BCUT2D eigenvalue weighted by Crippen LogP contribution is -2.21. The molecule has 0 saturated heterocycles. The fourth-order valence-electron chi connectivity index (χ4n) is 1.93. The number of hydrogen-bond donors (Lipinski definition) is 0. The largest absolute Gasteiger partial charge is 0.342 e. The molecule has 0 saturated carbocycles. The highest BCUT2D eigenvalue weighted by atomic mass is 17.2. The molecule has 0 aliphatic heterocycles. The van der Waals surface area contributed by atoms with Gasteiger partial charge < -0.3 is 4.89 Å². The maximum Gasteiger partial charge on any atom is 0.138 e. The van der Waals surface area contributed by atoms with E-state index in [9.17, 15) is 0 Å². The Hall–Kier alpha value is -1.28. The molecule has 0 fully saturated rings. The Balaban J connectivity index is 1.95. The third-order valence-corrected chi connectivity index (χ3v) is 3.08. The van der Waals surface area contributed by atoms with Crippen LogP contribution in [0.3, 0.4) is 0 Å². The van der Waals surface area contributed by atoms with Gasteiger partial charge in [-0.25, -0.2) is 0 Å². The van der Waals surface area contributed by atoms with Crippen molar-refractivity contribution in [3.8, 4) is 0 Å². The molecule has 0 aromatic heterocycles. The lowest BCUT2D eigenvalue weighted by atomic mass is 9.99. The van der Waals surface area contributed by atoms with E-state index in [1.54, 1.807) is 0 Å². The second-order valence-electron chi connectivity index (χ2n) is 4.96. The molecule has 92 valence electrons. The first-order chi connectivity index (χ1) is 8.18. The number of benzene rings is 1. The Morgan fingerprint density at radius 3 is 2.47 bits per heavy atom. The second-order valence-corrected chi connectivity index (χ2v) is 4.96. The van der Waals surface area contributed by atoms with Crippen molar-refractivity contribution < 1.29 is 9.78 Å². The van der Waals surface area contributed by atoms with Gasteiger partial charge in [-0.1, -0.05) is 30.3 Å². The van der Waals surface area contributed by atoms with E-state index >= 15 is 0 Å². The first-order valence-electron chi connectivity index (χ1n) is 6.29. The molecular weight excluding hydrogens is 212 g/mol. The Kier molecular flexibility index (Phi) is 3.85. The van der Waals surface area contributed by atoms with Gasteiger partial charge in [-0.15, -0.1) is 0 Å². The van der Waals surface area contributed by atoms with Crippen LogP contribution in [0.1, 0.15) is 45.1 Å². The predicted octanol–water partition coefficient (Wildman–Crippen LogP) is 4.33. The van der Waals surface area contributed by atoms with Crippen LogP contribution in [0.25, 0.3) is 0 Å². The minimum atomic E-state index is -0.417. The summed E-state index contributed by atoms with van der Waals surface area (Å²) in [6.45, 7) is 4.04. The van der Waals surface area contributed by atoms with Gasteiger partial charge in [0.15, 0.2) is 0 Å². The standard InChI is InChI=1S/C15H20O2/c1-15(2,13-9-5-3-6-10-13)17-16-14-11-7-4-8-12-14/h3,5-6,9-11H,4,7-8,12H2,1-2H3. The Labute approximate surface area is 103 Å². The summed E-state index contributed by atoms with van der Waals surface area (Å²) in [7, 11) is 0. The molecule has 17 heavy (non-hydrogen) atoms. The van der Waals surface area contributed by atoms with Crippen molar-refractivity contribution >= 4 is 0 Å². The summed E-state index contributed by atoms with van der Waals surface area (Å²) in [5.74, 6) is 0.972. The third-order valence-electron chi connectivity index (χ3n) is 3.08. The minimum absolute atomic E-state index is 0.417. The van der Waals surface area contributed by atoms with Gasteiger partial charge in [-0.05, 0) is 44.7 Å². The van der Waals surface area contributed by atoms with Gasteiger partial charge in [-0.2, -0.15) is 4.89 Å². The van der Waals surface area contributed by atoms with Crippen LogP contribution in [0.4, 0.5) is 0 Å². The van der Waals surface area contributed by atoms with Gasteiger partial charge in [0.25, 0.3) is 0 Å². The molecule has 0 spiro atoms. The quantitative estimate of drug-likeness (QED) is 0.568. The summed E-state index contributed by atoms with van der Waals surface area (Å²) in [6.07, 6.45) is 6.68. The molecule has 0 bridgehead atoms. The molecule has 0 unspecified atom stereocenters. The van der Waals surface area contributed by atoms with Crippen molar-refractivity contribution in [1.82, 2.24) is 0 Å². The lowest BCUT2D eigenvalue weighted by Gasteiger charge is -2.25. The summed E-state index contributed by atoms with van der Waals surface area (Å²) < 4.78 is 0. The average molecular weight is 232 g/mol. The third kappa shape index (κ3) is 3.34. The molecular formula is C15H20O2. The van der Waals surface area contributed by atoms with E-state index in [0.717, 1.165) is 24.2 Å². The highest BCUT2D eigenvalue weighted by Crippen LogP contribution is 2.27. The van der Waals surface area contributed by atoms with Crippen LogP contribution in [0.15, 0.2) is 42.2 Å². The number of rotatable bonds is 4. The van der Waals surface area contributed by atoms with Crippen LogP contribution in [0.5, 0.6) is 0 Å². The number of hydrogen-bond acceptors (Lipinski definition) is 2. The summed E-state index contributed by atoms with van der Waals surface area (Å²) in [6, 6.07) is 10.1. The van der Waals surface area contributed by atoms with E-state index in [0.29, 0.717) is 0 Å². The molecule has 2 nitrogen and oxygen atoms in total. The summed E-state index contributed by atoms with van der Waals surface area (Å²) >= 11 is 0. The van der Waals surface area contributed by atoms with Crippen LogP contribution in [-0.4, -0.2) is 0 Å². The molecule has 2 rings (SSSR count). The minimum Gasteiger partial charge on any atom is -0.342 e. The van der Waals surface area contributed by atoms with Crippen molar-refractivity contribution in [3.05, 3.63) is 47.7 Å². The van der Waals surface area contributed by atoms with Gasteiger partial charge in [0.1, 0.15) is 11.4 Å². The predicted molar refractivity (Wildman–Crippen MR) is 68.2 cm³/mol. The Bertz CT molecular complexity index is 379. The first-order valence-corrected chi connectivity index (χ1v) is 6.29. The summed E-state index contributed by atoms with van der Waals surface area (Å²) in [5.41, 5.74) is 0.705. The first kappa shape index (κ1) is 12.2. The van der Waals surface area contributed by atoms with Gasteiger partial charge in [0, 0.05) is 6.42 Å². The maximum atomic E-state index is 5.59. The lowest BCUT2D eigenvalue weighted by molar-refractivity contribution is -0.333. The summed E-state index contributed by atoms with van der Waals surface area (Å²) in [4.78, 5) is 11.0. The molecule has 0 amide bonds. The van der Waals surface area contributed by atoms with E-state index < -0.39 is 5.60 Å². The highest BCUT2D eigenvalue weighted by Gasteiger charge is 2.23. The van der Waals surface area contributed by atoms with Crippen LogP contribution in [0, 0.1) is 0 Å². The zero-order valence-corrected chi connectivity index (χ0v) is 10.6. The fourth-order valence-corrected chi connectivity index (χ4v) is 1.93. The molecule has 0 radical (unpaired) electrons. The Morgan fingerprint density at radius 2 is 1.82 bits per heavy atom. The molecule has 1 aromatic rings. The average Bonchev–Trinajstić information content (AvgIpc) is 2.39. The molecule has 0 N–H and O–H groups in total. The topological polar surface area (TPSA) is 18.5 Å². The molecule has 1 aliphatic rings. The van der Waals surface area contributed by atoms with Crippen LogP contribution in [0.2, 0.25) is 0 Å². The molecule has 0 atom stereocenters. The van der Waals surface area contributed by atoms with Crippen LogP contribution in [-0.2, 0) is 15.4 Å². The molecule has 1 aromatic carbocycles. The van der Waals surface area contributed by atoms with Crippen molar-refractivity contribution in [1.29, 1.82) is 0 Å². The smallest absolute Gasteiger partial charge is 0.138 e. The van der Waals surface area contributed by atoms with Crippen LogP contribution >= 0.6 is 0 Å². The van der Waals surface area contributed by atoms with E-state index in [4.69, 9.17) is 9.78 Å². The SMILES string of the molecule is CC(C)(OOC1=CCCCC1)c1ccccc1. The highest BCUT2D eigenvalue weighted by molar-refractivity contribution is 5.20. The molecule has 0 heterocycles. The van der Waals surface area contributed by atoms with E-state index in [2.05, 4.69) is 18.2 Å². The molecule has 2 heteroatoms. The summed E-state index contributed by atoms with van der Waals surface area (Å²) in [5, 5.41) is 0. The van der Waals surface area contributed by atoms with E-state index in [-0.39, 0.29) is 0 Å². The van der Waals surface area contributed by atoms with Gasteiger partial charge in [0.2, 0.25) is 0 Å². The van der Waals surface area contributed by atoms with Gasteiger partial charge >= 0.3 is 0 Å². The van der Waals surface area contributed by atoms with Crippen molar-refractivity contribution in [2.45, 2.75) is 45.1 Å². The van der Waals surface area contributed by atoms with Gasteiger partial charge in [-0.3, -0.25) is 0 Å². The fraction of sp³-hybridized carbons (Fsp3) is 0.467. The van der Waals surface area contributed by atoms with Crippen molar-refractivity contribution in [3.63, 3.8) is 0 Å². The van der Waals surface area contributed by atoms with E-state index in [1.807, 2.05) is 32.0 Å². The Morgan fingerprint density at radius 1 is 1.06 bits per heavy atom. The monoisotopic (exact) mass is 232 g/mol. The van der Waals surface area contributed by atoms with E-state index in [1.165, 1.54) is 12.8 Å². The number of allylic oxidation sites excluding steroid dienone is 2. The van der Waals surface area contributed by atoms with Crippen LogP contribution < -0.4 is 0 Å².